The lowest BCUT2D eigenvalue weighted by molar-refractivity contribution is -0.140. The molecule has 0 saturated heterocycles. The number of hydrogen-bond donors (Lipinski definition) is 0. The molecule has 1 aromatic rings. The van der Waals surface area contributed by atoms with Gasteiger partial charge in [0, 0.05) is 20.5 Å². The van der Waals surface area contributed by atoms with Crippen LogP contribution in [-0.2, 0) is 26.1 Å². The van der Waals surface area contributed by atoms with Crippen LogP contribution in [0.5, 0.6) is 5.75 Å². The molecule has 2 unspecified atom stereocenters. The monoisotopic (exact) mass is 348 g/mol. The highest BCUT2D eigenvalue weighted by Crippen LogP contribution is 2.24. The predicted molar refractivity (Wildman–Crippen MR) is 78.6 cm³/mol. The first kappa shape index (κ1) is 16.2. The second-order valence-electron chi connectivity index (χ2n) is 4.07. The van der Waals surface area contributed by atoms with Crippen molar-refractivity contribution < 1.29 is 18.5 Å². The average molecular weight is 349 g/mol. The van der Waals surface area contributed by atoms with Crippen LogP contribution in [0, 0.1) is 0 Å². The van der Waals surface area contributed by atoms with Crippen molar-refractivity contribution in [1.82, 2.24) is 0 Å². The summed E-state index contributed by atoms with van der Waals surface area (Å²) in [5, 5.41) is -0.245. The summed E-state index contributed by atoms with van der Waals surface area (Å²) in [6, 6.07) is 5.53. The molecule has 106 valence electrons. The lowest BCUT2D eigenvalue weighted by Crippen LogP contribution is -2.18. The number of rotatable bonds is 6. The first-order valence-corrected chi connectivity index (χ1v) is 7.91. The summed E-state index contributed by atoms with van der Waals surface area (Å²) in [6.45, 7) is 1.78. The highest BCUT2D eigenvalue weighted by atomic mass is 79.9. The average Bonchev–Trinajstić information content (AvgIpc) is 2.40. The van der Waals surface area contributed by atoms with Crippen molar-refractivity contribution in [2.24, 2.45) is 0 Å². The Balaban J connectivity index is 2.73. The van der Waals surface area contributed by atoms with Crippen LogP contribution in [0.15, 0.2) is 22.7 Å². The molecule has 4 nitrogen and oxygen atoms in total. The Kier molecular flexibility index (Phi) is 6.51. The summed E-state index contributed by atoms with van der Waals surface area (Å²) in [5.41, 5.74) is 0.898. The Morgan fingerprint density at radius 1 is 1.42 bits per heavy atom. The van der Waals surface area contributed by atoms with Crippen LogP contribution < -0.4 is 4.74 Å². The molecule has 0 heterocycles. The van der Waals surface area contributed by atoms with Gasteiger partial charge in [0.1, 0.15) is 5.75 Å². The molecule has 0 fully saturated rings. The summed E-state index contributed by atoms with van der Waals surface area (Å²) in [4.78, 5) is 11.2. The number of benzene rings is 1. The molecule has 1 rings (SSSR count). The van der Waals surface area contributed by atoms with E-state index in [2.05, 4.69) is 20.7 Å². The zero-order chi connectivity index (χ0) is 14.4. The number of methoxy groups -OCH3 is 2. The van der Waals surface area contributed by atoms with Crippen LogP contribution >= 0.6 is 15.9 Å². The molecular weight excluding hydrogens is 332 g/mol. The molecule has 1 aromatic carbocycles. The van der Waals surface area contributed by atoms with Crippen molar-refractivity contribution in [1.29, 1.82) is 0 Å². The van der Waals surface area contributed by atoms with Gasteiger partial charge in [0.05, 0.1) is 26.4 Å². The van der Waals surface area contributed by atoms with Gasteiger partial charge in [-0.15, -0.1) is 0 Å². The zero-order valence-corrected chi connectivity index (χ0v) is 13.5. The maximum Gasteiger partial charge on any atom is 0.306 e. The Bertz CT molecular complexity index is 476. The molecule has 0 N–H and O–H groups in total. The number of ether oxygens (including phenoxy) is 2. The van der Waals surface area contributed by atoms with Crippen molar-refractivity contribution in [2.75, 3.05) is 14.2 Å². The van der Waals surface area contributed by atoms with Crippen molar-refractivity contribution in [3.8, 4) is 5.75 Å². The van der Waals surface area contributed by atoms with Crippen LogP contribution in [-0.4, -0.2) is 29.6 Å². The standard InChI is InChI=1S/C13H17BrO4S/c1-9(6-13(15)18-3)19(16)8-10-7-11(17-2)4-5-12(10)14/h4-5,7,9H,6,8H2,1-3H3. The summed E-state index contributed by atoms with van der Waals surface area (Å²) in [6.07, 6.45) is 0.157. The van der Waals surface area contributed by atoms with E-state index in [4.69, 9.17) is 4.74 Å². The summed E-state index contributed by atoms with van der Waals surface area (Å²) >= 11 is 3.42. The molecule has 19 heavy (non-hydrogen) atoms. The minimum absolute atomic E-state index is 0.157. The second-order valence-corrected chi connectivity index (χ2v) is 6.78. The third kappa shape index (κ3) is 4.95. The molecule has 6 heteroatoms. The highest BCUT2D eigenvalue weighted by Gasteiger charge is 2.17. The van der Waals surface area contributed by atoms with Crippen LogP contribution in [0.3, 0.4) is 0 Å². The molecule has 2 atom stereocenters. The summed E-state index contributed by atoms with van der Waals surface area (Å²) in [7, 11) is 1.77. The third-order valence-electron chi connectivity index (χ3n) is 2.68. The first-order valence-electron chi connectivity index (χ1n) is 5.74. The number of carbonyl (C=O) groups is 1. The van der Waals surface area contributed by atoms with Crippen molar-refractivity contribution in [2.45, 2.75) is 24.3 Å². The fourth-order valence-corrected chi connectivity index (χ4v) is 3.22. The van der Waals surface area contributed by atoms with Crippen molar-refractivity contribution in [3.05, 3.63) is 28.2 Å². The molecule has 0 radical (unpaired) electrons. The Morgan fingerprint density at radius 2 is 2.11 bits per heavy atom. The normalized spacial score (nSPS) is 13.7. The van der Waals surface area contributed by atoms with E-state index < -0.39 is 10.8 Å². The SMILES string of the molecule is COC(=O)CC(C)S(=O)Cc1cc(OC)ccc1Br. The first-order chi connectivity index (χ1) is 8.97. The molecule has 0 aliphatic heterocycles. The molecule has 0 aliphatic rings. The fourth-order valence-electron chi connectivity index (χ4n) is 1.50. The van der Waals surface area contributed by atoms with Crippen LogP contribution in [0.25, 0.3) is 0 Å². The van der Waals surface area contributed by atoms with E-state index in [0.29, 0.717) is 5.75 Å². The topological polar surface area (TPSA) is 52.6 Å². The van der Waals surface area contributed by atoms with Crippen LogP contribution in [0.1, 0.15) is 18.9 Å². The van der Waals surface area contributed by atoms with Crippen LogP contribution in [0.4, 0.5) is 0 Å². The Labute approximate surface area is 124 Å². The fraction of sp³-hybridized carbons (Fsp3) is 0.462. The minimum atomic E-state index is -1.14. The van der Waals surface area contributed by atoms with Gasteiger partial charge in [-0.2, -0.15) is 0 Å². The van der Waals surface area contributed by atoms with E-state index in [1.165, 1.54) is 7.11 Å². The lowest BCUT2D eigenvalue weighted by atomic mass is 10.2. The largest absolute Gasteiger partial charge is 0.497 e. The number of esters is 1. The lowest BCUT2D eigenvalue weighted by Gasteiger charge is -2.12. The van der Waals surface area contributed by atoms with E-state index in [-0.39, 0.29) is 17.6 Å². The van der Waals surface area contributed by atoms with Crippen molar-refractivity contribution >= 4 is 32.7 Å². The van der Waals surface area contributed by atoms with Gasteiger partial charge in [0.25, 0.3) is 0 Å². The highest BCUT2D eigenvalue weighted by molar-refractivity contribution is 9.10. The molecule has 0 aromatic heterocycles. The predicted octanol–water partition coefficient (Wildman–Crippen LogP) is 2.66. The molecule has 0 amide bonds. The van der Waals surface area contributed by atoms with Gasteiger partial charge >= 0.3 is 5.97 Å². The minimum Gasteiger partial charge on any atom is -0.497 e. The van der Waals surface area contributed by atoms with Crippen molar-refractivity contribution in [3.63, 3.8) is 0 Å². The maximum atomic E-state index is 12.2. The summed E-state index contributed by atoms with van der Waals surface area (Å²) in [5.74, 6) is 0.747. The second kappa shape index (κ2) is 7.65. The van der Waals surface area contributed by atoms with E-state index >= 15 is 0 Å². The molecule has 0 aliphatic carbocycles. The van der Waals surface area contributed by atoms with E-state index in [1.54, 1.807) is 14.0 Å². The zero-order valence-electron chi connectivity index (χ0n) is 11.1. The van der Waals surface area contributed by atoms with Gasteiger partial charge in [-0.1, -0.05) is 22.9 Å². The summed E-state index contributed by atoms with van der Waals surface area (Å²) < 4.78 is 22.8. The smallest absolute Gasteiger partial charge is 0.306 e. The Morgan fingerprint density at radius 3 is 2.68 bits per heavy atom. The van der Waals surface area contributed by atoms with E-state index in [0.717, 1.165) is 15.8 Å². The number of carbonyl (C=O) groups excluding carboxylic acids is 1. The van der Waals surface area contributed by atoms with Gasteiger partial charge < -0.3 is 9.47 Å². The molecular formula is C13H17BrO4S. The van der Waals surface area contributed by atoms with Gasteiger partial charge in [-0.3, -0.25) is 9.00 Å². The third-order valence-corrected chi connectivity index (χ3v) is 5.11. The van der Waals surface area contributed by atoms with E-state index in [9.17, 15) is 9.00 Å². The molecule has 0 saturated carbocycles. The number of hydrogen-bond acceptors (Lipinski definition) is 4. The van der Waals surface area contributed by atoms with Gasteiger partial charge in [0.15, 0.2) is 0 Å². The van der Waals surface area contributed by atoms with Gasteiger partial charge in [-0.25, -0.2) is 0 Å². The van der Waals surface area contributed by atoms with Gasteiger partial charge in [-0.05, 0) is 23.8 Å². The number of halogens is 1. The molecule has 0 bridgehead atoms. The van der Waals surface area contributed by atoms with Crippen LogP contribution in [0.2, 0.25) is 0 Å². The quantitative estimate of drug-likeness (QED) is 0.741. The van der Waals surface area contributed by atoms with E-state index in [1.807, 2.05) is 18.2 Å². The maximum absolute atomic E-state index is 12.2. The Hall–Kier alpha value is -0.880. The van der Waals surface area contributed by atoms with Gasteiger partial charge in [0.2, 0.25) is 0 Å². The molecule has 0 spiro atoms.